The van der Waals surface area contributed by atoms with Gasteiger partial charge in [-0.2, -0.15) is 4.31 Å². The van der Waals surface area contributed by atoms with E-state index in [1.165, 1.54) is 16.4 Å². The third kappa shape index (κ3) is 4.37. The predicted molar refractivity (Wildman–Crippen MR) is 121 cm³/mol. The average Bonchev–Trinajstić information content (AvgIpc) is 2.77. The molecule has 0 atom stereocenters. The number of aromatic nitrogens is 2. The quantitative estimate of drug-likeness (QED) is 0.423. The normalized spacial score (nSPS) is 15.0. The van der Waals surface area contributed by atoms with E-state index in [9.17, 15) is 18.0 Å². The van der Waals surface area contributed by atoms with Crippen LogP contribution in [0.1, 0.15) is 0 Å². The van der Waals surface area contributed by atoms with Gasteiger partial charge in [0.2, 0.25) is 10.0 Å². The number of benzene rings is 2. The zero-order valence-corrected chi connectivity index (χ0v) is 17.8. The Morgan fingerprint density at radius 2 is 1.65 bits per heavy atom. The van der Waals surface area contributed by atoms with E-state index in [1.54, 1.807) is 30.3 Å². The summed E-state index contributed by atoms with van der Waals surface area (Å²) < 4.78 is 32.0. The van der Waals surface area contributed by atoms with E-state index >= 15 is 0 Å². The summed E-state index contributed by atoms with van der Waals surface area (Å²) in [6.07, 6.45) is 0. The fourth-order valence-corrected chi connectivity index (χ4v) is 4.90. The molecule has 1 aromatic heterocycles. The lowest BCUT2D eigenvalue weighted by Gasteiger charge is -2.26. The van der Waals surface area contributed by atoms with E-state index in [2.05, 4.69) is 20.8 Å². The van der Waals surface area contributed by atoms with Crippen LogP contribution in [0.2, 0.25) is 0 Å². The molecule has 0 saturated carbocycles. The van der Waals surface area contributed by atoms with Gasteiger partial charge in [-0.1, -0.05) is 6.07 Å². The van der Waals surface area contributed by atoms with Crippen molar-refractivity contribution in [3.63, 3.8) is 0 Å². The maximum atomic E-state index is 12.7. The average molecular weight is 462 g/mol. The molecule has 0 bridgehead atoms. The van der Waals surface area contributed by atoms with Gasteiger partial charge in [-0.3, -0.25) is 19.8 Å². The lowest BCUT2D eigenvalue weighted by atomic mass is 10.1. The number of aromatic amines is 2. The second-order valence-electron chi connectivity index (χ2n) is 6.76. The second kappa shape index (κ2) is 8.59. The molecule has 2 heterocycles. The third-order valence-electron chi connectivity index (χ3n) is 4.79. The van der Waals surface area contributed by atoms with Gasteiger partial charge in [-0.15, -0.1) is 0 Å². The Hall–Kier alpha value is -3.06. The van der Waals surface area contributed by atoms with E-state index in [1.807, 2.05) is 0 Å². The van der Waals surface area contributed by atoms with Crippen molar-refractivity contribution in [1.29, 1.82) is 0 Å². The molecule has 31 heavy (non-hydrogen) atoms. The minimum absolute atomic E-state index is 0.177. The first-order valence-corrected chi connectivity index (χ1v) is 11.2. The largest absolute Gasteiger partial charge is 0.379 e. The number of thiocarbonyl (C=S) groups is 1. The summed E-state index contributed by atoms with van der Waals surface area (Å²) in [5.41, 5.74) is 0.0478. The van der Waals surface area contributed by atoms with E-state index in [0.29, 0.717) is 37.7 Å². The van der Waals surface area contributed by atoms with Crippen molar-refractivity contribution >= 4 is 49.5 Å². The van der Waals surface area contributed by atoms with Crippen molar-refractivity contribution in [3.8, 4) is 0 Å². The van der Waals surface area contributed by atoms with E-state index in [-0.39, 0.29) is 20.8 Å². The number of morpholine rings is 1. The molecule has 4 rings (SSSR count). The second-order valence-corrected chi connectivity index (χ2v) is 9.10. The number of ether oxygens (including phenoxy) is 1. The van der Waals surface area contributed by atoms with E-state index in [0.717, 1.165) is 0 Å². The number of sulfonamides is 1. The molecule has 0 spiro atoms. The summed E-state index contributed by atoms with van der Waals surface area (Å²) in [4.78, 5) is 24.3. The molecule has 12 heteroatoms. The molecule has 0 aliphatic carbocycles. The van der Waals surface area contributed by atoms with Crippen molar-refractivity contribution in [2.45, 2.75) is 4.90 Å². The molecule has 3 aromatic rings. The van der Waals surface area contributed by atoms with Crippen LogP contribution in [0.4, 0.5) is 11.4 Å². The monoisotopic (exact) mass is 461 g/mol. The number of hydrogen-bond acceptors (Lipinski definition) is 6. The number of rotatable bonds is 4. The van der Waals surface area contributed by atoms with Crippen molar-refractivity contribution in [1.82, 2.24) is 14.5 Å². The molecule has 1 fully saturated rings. The van der Waals surface area contributed by atoms with Crippen LogP contribution in [0.15, 0.2) is 56.9 Å². The zero-order chi connectivity index (χ0) is 22.0. The van der Waals surface area contributed by atoms with Gasteiger partial charge in [0.25, 0.3) is 11.1 Å². The summed E-state index contributed by atoms with van der Waals surface area (Å²) in [5, 5.41) is 11.0. The van der Waals surface area contributed by atoms with Gasteiger partial charge in [0.05, 0.1) is 34.6 Å². The highest BCUT2D eigenvalue weighted by atomic mass is 32.2. The Morgan fingerprint density at radius 3 is 2.35 bits per heavy atom. The summed E-state index contributed by atoms with van der Waals surface area (Å²) >= 11 is 5.31. The molecule has 162 valence electrons. The molecule has 1 saturated heterocycles. The summed E-state index contributed by atoms with van der Waals surface area (Å²) in [5.74, 6) is 0. The first kappa shape index (κ1) is 21.2. The molecule has 2 aromatic carbocycles. The fraction of sp³-hybridized carbons (Fsp3) is 0.211. The summed E-state index contributed by atoms with van der Waals surface area (Å²) in [6.45, 7) is 1.40. The van der Waals surface area contributed by atoms with Crippen LogP contribution < -0.4 is 21.8 Å². The highest BCUT2D eigenvalue weighted by molar-refractivity contribution is 7.89. The van der Waals surface area contributed by atoms with Gasteiger partial charge in [0.1, 0.15) is 0 Å². The minimum atomic E-state index is -3.58. The number of fused-ring (bicyclic) bond motifs is 1. The number of hydrogen-bond donors (Lipinski definition) is 4. The van der Waals surface area contributed by atoms with Gasteiger partial charge in [-0.25, -0.2) is 8.42 Å². The van der Waals surface area contributed by atoms with E-state index < -0.39 is 21.1 Å². The zero-order valence-electron chi connectivity index (χ0n) is 16.2. The maximum Gasteiger partial charge on any atom is 0.272 e. The lowest BCUT2D eigenvalue weighted by molar-refractivity contribution is 0.0730. The third-order valence-corrected chi connectivity index (χ3v) is 6.91. The van der Waals surface area contributed by atoms with Crippen molar-refractivity contribution in [2.24, 2.45) is 0 Å². The first-order valence-electron chi connectivity index (χ1n) is 9.36. The Balaban J connectivity index is 1.50. The molecular weight excluding hydrogens is 442 g/mol. The van der Waals surface area contributed by atoms with Gasteiger partial charge in [0.15, 0.2) is 5.11 Å². The molecule has 0 radical (unpaired) electrons. The molecule has 10 nitrogen and oxygen atoms in total. The topological polar surface area (TPSA) is 136 Å². The van der Waals surface area contributed by atoms with Gasteiger partial charge in [-0.05, 0) is 48.6 Å². The standard InChI is InChI=1S/C19H19N5O5S2/c25-17-14-2-1-3-15(16(14)18(26)23-22-17)21-19(30)20-12-4-6-13(7-5-12)31(27,28)24-8-10-29-11-9-24/h1-7H,8-11H2,(H,22,25)(H,23,26)(H2,20,21,30). The Bertz CT molecular complexity index is 1340. The Labute approximate surface area is 182 Å². The van der Waals surface area contributed by atoms with Gasteiger partial charge in [0, 0.05) is 18.8 Å². The number of nitrogens with one attached hydrogen (secondary N) is 4. The molecule has 0 amide bonds. The van der Waals surface area contributed by atoms with Crippen LogP contribution >= 0.6 is 12.2 Å². The van der Waals surface area contributed by atoms with Crippen LogP contribution in [0.3, 0.4) is 0 Å². The molecule has 4 N–H and O–H groups in total. The number of anilines is 2. The van der Waals surface area contributed by atoms with Crippen LogP contribution in [0.5, 0.6) is 0 Å². The highest BCUT2D eigenvalue weighted by Crippen LogP contribution is 2.20. The Kier molecular flexibility index (Phi) is 5.87. The molecular formula is C19H19N5O5S2. The van der Waals surface area contributed by atoms with E-state index in [4.69, 9.17) is 17.0 Å². The van der Waals surface area contributed by atoms with Crippen LogP contribution in [0.25, 0.3) is 10.8 Å². The smallest absolute Gasteiger partial charge is 0.272 e. The molecule has 1 aliphatic rings. The van der Waals surface area contributed by atoms with Crippen LogP contribution in [0, 0.1) is 0 Å². The van der Waals surface area contributed by atoms with Crippen molar-refractivity contribution < 1.29 is 13.2 Å². The summed E-state index contributed by atoms with van der Waals surface area (Å²) in [7, 11) is -3.58. The van der Waals surface area contributed by atoms with Crippen LogP contribution in [-0.4, -0.2) is 54.3 Å². The summed E-state index contributed by atoms with van der Waals surface area (Å²) in [6, 6.07) is 11.0. The number of H-pyrrole nitrogens is 2. The highest BCUT2D eigenvalue weighted by Gasteiger charge is 2.26. The SMILES string of the molecule is O=c1[nH][nH]c(=O)c2c(NC(=S)Nc3ccc(S(=O)(=O)N4CCOCC4)cc3)cccc12. The molecule has 0 unspecified atom stereocenters. The lowest BCUT2D eigenvalue weighted by Crippen LogP contribution is -2.40. The predicted octanol–water partition coefficient (Wildman–Crippen LogP) is 1.05. The minimum Gasteiger partial charge on any atom is -0.379 e. The van der Waals surface area contributed by atoms with Gasteiger partial charge < -0.3 is 15.4 Å². The first-order chi connectivity index (χ1) is 14.9. The van der Waals surface area contributed by atoms with Crippen molar-refractivity contribution in [2.75, 3.05) is 36.9 Å². The number of nitrogens with zero attached hydrogens (tertiary/aromatic N) is 1. The van der Waals surface area contributed by atoms with Crippen LogP contribution in [-0.2, 0) is 14.8 Å². The van der Waals surface area contributed by atoms with Gasteiger partial charge >= 0.3 is 0 Å². The molecule has 1 aliphatic heterocycles. The fourth-order valence-electron chi connectivity index (χ4n) is 3.26. The maximum absolute atomic E-state index is 12.7. The Morgan fingerprint density at radius 1 is 0.968 bits per heavy atom. The van der Waals surface area contributed by atoms with Crippen molar-refractivity contribution in [3.05, 3.63) is 63.2 Å².